The number of hydrogen-bond donors (Lipinski definition) is 1. The van der Waals surface area contributed by atoms with Gasteiger partial charge in [-0.3, -0.25) is 9.97 Å². The third kappa shape index (κ3) is 4.35. The summed E-state index contributed by atoms with van der Waals surface area (Å²) in [5.74, 6) is 0. The number of para-hydroxylation sites is 1. The average molecular weight is 508 g/mol. The Kier molecular flexibility index (Phi) is 6.26. The topological polar surface area (TPSA) is 46.0 Å². The molecule has 184 valence electrons. The summed E-state index contributed by atoms with van der Waals surface area (Å²) in [6, 6.07) is 16.6. The Balaban J connectivity index is 1.65. The Morgan fingerprint density at radius 1 is 1.00 bits per heavy atom. The van der Waals surface area contributed by atoms with Crippen molar-refractivity contribution < 1.29 is 13.2 Å². The first-order chi connectivity index (χ1) is 17.3. The fraction of sp³-hybridized carbons (Fsp3) is 0.222. The Hall–Kier alpha value is -3.72. The summed E-state index contributed by atoms with van der Waals surface area (Å²) < 4.78 is 43.3. The lowest BCUT2D eigenvalue weighted by atomic mass is 9.96. The highest BCUT2D eigenvalue weighted by molar-refractivity contribution is 7.80. The van der Waals surface area contributed by atoms with Crippen LogP contribution in [0.4, 0.5) is 13.2 Å². The second-order valence-electron chi connectivity index (χ2n) is 8.79. The van der Waals surface area contributed by atoms with Gasteiger partial charge in [0, 0.05) is 36.5 Å². The quantitative estimate of drug-likeness (QED) is 0.332. The molecule has 1 N–H and O–H groups in total. The van der Waals surface area contributed by atoms with Crippen LogP contribution in [0.1, 0.15) is 45.9 Å². The molecule has 2 unspecified atom stereocenters. The van der Waals surface area contributed by atoms with E-state index < -0.39 is 11.7 Å². The number of nitrogens with one attached hydrogen (secondary N) is 1. The van der Waals surface area contributed by atoms with Gasteiger partial charge in [-0.2, -0.15) is 13.2 Å². The average Bonchev–Trinajstić information content (AvgIpc) is 3.34. The van der Waals surface area contributed by atoms with Crippen LogP contribution in [0.5, 0.6) is 0 Å². The van der Waals surface area contributed by atoms with Crippen molar-refractivity contribution in [2.75, 3.05) is 0 Å². The van der Waals surface area contributed by atoms with Gasteiger partial charge >= 0.3 is 6.18 Å². The molecule has 5 nitrogen and oxygen atoms in total. The van der Waals surface area contributed by atoms with Gasteiger partial charge in [-0.25, -0.2) is 0 Å². The van der Waals surface area contributed by atoms with Crippen LogP contribution in [-0.4, -0.2) is 24.5 Å². The Morgan fingerprint density at radius 2 is 1.78 bits per heavy atom. The molecule has 5 rings (SSSR count). The van der Waals surface area contributed by atoms with Gasteiger partial charge in [-0.1, -0.05) is 24.3 Å². The van der Waals surface area contributed by atoms with E-state index in [-0.39, 0.29) is 17.8 Å². The van der Waals surface area contributed by atoms with E-state index >= 15 is 0 Å². The van der Waals surface area contributed by atoms with Crippen LogP contribution >= 0.6 is 12.2 Å². The molecule has 1 saturated heterocycles. The third-order valence-electron chi connectivity index (χ3n) is 6.51. The Morgan fingerprint density at radius 3 is 2.47 bits per heavy atom. The first kappa shape index (κ1) is 24.0. The second kappa shape index (κ2) is 9.39. The molecule has 1 fully saturated rings. The Bertz CT molecular complexity index is 1390. The van der Waals surface area contributed by atoms with Gasteiger partial charge in [0.15, 0.2) is 5.11 Å². The molecule has 2 atom stereocenters. The molecule has 0 amide bonds. The van der Waals surface area contributed by atoms with Crippen LogP contribution in [0.15, 0.2) is 79.3 Å². The maximum absolute atomic E-state index is 13.9. The molecule has 3 aromatic heterocycles. The van der Waals surface area contributed by atoms with Gasteiger partial charge in [0.1, 0.15) is 0 Å². The number of alkyl halides is 3. The summed E-state index contributed by atoms with van der Waals surface area (Å²) in [5.41, 5.74) is 3.52. The minimum absolute atomic E-state index is 0.105. The molecular weight excluding hydrogens is 483 g/mol. The lowest BCUT2D eigenvalue weighted by Gasteiger charge is -2.28. The zero-order valence-electron chi connectivity index (χ0n) is 19.7. The molecule has 0 aliphatic carbocycles. The van der Waals surface area contributed by atoms with E-state index in [1.807, 2.05) is 50.2 Å². The zero-order valence-corrected chi connectivity index (χ0v) is 20.5. The van der Waals surface area contributed by atoms with Gasteiger partial charge in [0.25, 0.3) is 0 Å². The Labute approximate surface area is 212 Å². The van der Waals surface area contributed by atoms with Crippen molar-refractivity contribution in [3.8, 4) is 5.69 Å². The molecule has 1 aliphatic heterocycles. The molecule has 9 heteroatoms. The molecule has 0 spiro atoms. The number of nitrogens with zero attached hydrogens (tertiary/aromatic N) is 4. The van der Waals surface area contributed by atoms with Crippen LogP contribution in [0.3, 0.4) is 0 Å². The highest BCUT2D eigenvalue weighted by atomic mass is 32.1. The largest absolute Gasteiger partial charge is 0.418 e. The van der Waals surface area contributed by atoms with Crippen molar-refractivity contribution in [1.29, 1.82) is 0 Å². The lowest BCUT2D eigenvalue weighted by Crippen LogP contribution is -2.29. The lowest BCUT2D eigenvalue weighted by molar-refractivity contribution is -0.137. The van der Waals surface area contributed by atoms with E-state index in [9.17, 15) is 13.2 Å². The van der Waals surface area contributed by atoms with Crippen LogP contribution in [0.2, 0.25) is 0 Å². The number of halogens is 3. The fourth-order valence-corrected chi connectivity index (χ4v) is 5.27. The van der Waals surface area contributed by atoms with Crippen molar-refractivity contribution in [1.82, 2.24) is 24.8 Å². The monoisotopic (exact) mass is 507 g/mol. The number of aromatic nitrogens is 3. The van der Waals surface area contributed by atoms with Crippen LogP contribution in [0.25, 0.3) is 5.69 Å². The number of hydrogen-bond acceptors (Lipinski definition) is 3. The third-order valence-corrected chi connectivity index (χ3v) is 6.87. The van der Waals surface area contributed by atoms with E-state index in [0.29, 0.717) is 17.4 Å². The summed E-state index contributed by atoms with van der Waals surface area (Å²) in [5, 5.41) is 3.96. The van der Waals surface area contributed by atoms with Gasteiger partial charge in [0.05, 0.1) is 29.0 Å². The SMILES string of the molecule is Cc1cc(C2C(c3ccccn3)NC(=S)N2Cc2cccnc2)c(C)n1-c1ccccc1C(F)(F)F. The fourth-order valence-electron chi connectivity index (χ4n) is 4.97. The first-order valence-corrected chi connectivity index (χ1v) is 11.9. The standard InChI is InChI=1S/C27H24F3N5S/c1-17-14-20(18(2)35(17)23-11-4-3-9-21(23)27(28,29)30)25-24(22-10-5-6-13-32-22)33-26(36)34(25)16-19-8-7-12-31-15-19/h3-15,24-25H,16H2,1-2H3,(H,33,36). The van der Waals surface area contributed by atoms with Crippen molar-refractivity contribution >= 4 is 17.3 Å². The minimum atomic E-state index is -4.47. The van der Waals surface area contributed by atoms with Crippen LogP contribution in [0, 0.1) is 13.8 Å². The zero-order chi connectivity index (χ0) is 25.4. The first-order valence-electron chi connectivity index (χ1n) is 11.5. The summed E-state index contributed by atoms with van der Waals surface area (Å²) in [6.45, 7) is 4.18. The molecular formula is C27H24F3N5S. The van der Waals surface area contributed by atoms with Gasteiger partial charge < -0.3 is 14.8 Å². The molecule has 4 heterocycles. The van der Waals surface area contributed by atoms with E-state index in [0.717, 1.165) is 28.6 Å². The highest BCUT2D eigenvalue weighted by Gasteiger charge is 2.42. The normalized spacial score (nSPS) is 17.9. The van der Waals surface area contributed by atoms with Gasteiger partial charge in [-0.15, -0.1) is 0 Å². The maximum atomic E-state index is 13.9. The summed E-state index contributed by atoms with van der Waals surface area (Å²) in [4.78, 5) is 10.8. The van der Waals surface area contributed by atoms with E-state index in [1.54, 1.807) is 29.2 Å². The van der Waals surface area contributed by atoms with Gasteiger partial charge in [0.2, 0.25) is 0 Å². The molecule has 1 aromatic carbocycles. The van der Waals surface area contributed by atoms with E-state index in [4.69, 9.17) is 12.2 Å². The smallest absolute Gasteiger partial charge is 0.352 e. The summed E-state index contributed by atoms with van der Waals surface area (Å²) in [7, 11) is 0. The predicted molar refractivity (Wildman–Crippen MR) is 135 cm³/mol. The van der Waals surface area contributed by atoms with E-state index in [1.165, 1.54) is 12.1 Å². The number of benzene rings is 1. The van der Waals surface area contributed by atoms with Gasteiger partial charge in [-0.05, 0) is 73.6 Å². The maximum Gasteiger partial charge on any atom is 0.418 e. The summed E-state index contributed by atoms with van der Waals surface area (Å²) >= 11 is 5.75. The van der Waals surface area contributed by atoms with Crippen LogP contribution in [-0.2, 0) is 12.7 Å². The molecule has 36 heavy (non-hydrogen) atoms. The van der Waals surface area contributed by atoms with Crippen LogP contribution < -0.4 is 5.32 Å². The number of pyridine rings is 2. The number of thiocarbonyl (C=S) groups is 1. The summed E-state index contributed by atoms with van der Waals surface area (Å²) in [6.07, 6.45) is 0.754. The number of aryl methyl sites for hydroxylation is 1. The van der Waals surface area contributed by atoms with Crippen molar-refractivity contribution in [2.24, 2.45) is 0 Å². The van der Waals surface area contributed by atoms with Crippen molar-refractivity contribution in [2.45, 2.75) is 38.7 Å². The minimum Gasteiger partial charge on any atom is -0.352 e. The molecule has 0 radical (unpaired) electrons. The molecule has 0 saturated carbocycles. The predicted octanol–water partition coefficient (Wildman–Crippen LogP) is 6.08. The van der Waals surface area contributed by atoms with E-state index in [2.05, 4.69) is 20.2 Å². The second-order valence-corrected chi connectivity index (χ2v) is 9.18. The van der Waals surface area contributed by atoms with Crippen molar-refractivity contribution in [3.05, 3.63) is 113 Å². The molecule has 0 bridgehead atoms. The number of rotatable bonds is 5. The molecule has 1 aliphatic rings. The highest BCUT2D eigenvalue weighted by Crippen LogP contribution is 2.43. The van der Waals surface area contributed by atoms with Crippen molar-refractivity contribution in [3.63, 3.8) is 0 Å². The molecule has 4 aromatic rings.